The van der Waals surface area contributed by atoms with Crippen LogP contribution >= 0.6 is 0 Å². The Morgan fingerprint density at radius 3 is 2.21 bits per heavy atom. The van der Waals surface area contributed by atoms with Gasteiger partial charge in [0.05, 0.1) is 6.42 Å². The fourth-order valence-corrected chi connectivity index (χ4v) is 1.76. The normalized spacial score (nSPS) is 10.3. The predicted molar refractivity (Wildman–Crippen MR) is 56.7 cm³/mol. The first kappa shape index (κ1) is 10.8. The van der Waals surface area contributed by atoms with E-state index in [9.17, 15) is 4.79 Å². The molecule has 0 atom stereocenters. The summed E-state index contributed by atoms with van der Waals surface area (Å²) in [4.78, 5) is 10.7. The van der Waals surface area contributed by atoms with Crippen LogP contribution in [0.4, 0.5) is 0 Å². The van der Waals surface area contributed by atoms with Crippen molar-refractivity contribution in [3.05, 3.63) is 33.9 Å². The van der Waals surface area contributed by atoms with Crippen LogP contribution in [-0.2, 0) is 11.2 Å². The highest BCUT2D eigenvalue weighted by Gasteiger charge is 2.10. The van der Waals surface area contributed by atoms with E-state index in [1.165, 1.54) is 11.1 Å². The number of aliphatic carboxylic acids is 1. The molecule has 0 fully saturated rings. The summed E-state index contributed by atoms with van der Waals surface area (Å²) in [6.07, 6.45) is 0.124. The van der Waals surface area contributed by atoms with E-state index in [1.54, 1.807) is 0 Å². The molecule has 0 aliphatic rings. The first-order chi connectivity index (χ1) is 6.43. The highest BCUT2D eigenvalue weighted by molar-refractivity contribution is 5.71. The van der Waals surface area contributed by atoms with Gasteiger partial charge in [0.1, 0.15) is 0 Å². The molecule has 0 saturated heterocycles. The molecule has 2 nitrogen and oxygen atoms in total. The Kier molecular flexibility index (Phi) is 2.94. The fraction of sp³-hybridized carbons (Fsp3) is 0.417. The number of rotatable bonds is 2. The molecule has 1 rings (SSSR count). The summed E-state index contributed by atoms with van der Waals surface area (Å²) in [6.45, 7) is 8.06. The maximum absolute atomic E-state index is 10.7. The summed E-state index contributed by atoms with van der Waals surface area (Å²) in [5, 5.41) is 8.78. The highest BCUT2D eigenvalue weighted by atomic mass is 16.4. The number of aryl methyl sites for hydroxylation is 2. The van der Waals surface area contributed by atoms with Crippen LogP contribution in [0.3, 0.4) is 0 Å². The molecule has 76 valence electrons. The second-order valence-corrected chi connectivity index (χ2v) is 3.81. The van der Waals surface area contributed by atoms with Crippen molar-refractivity contribution in [2.45, 2.75) is 34.1 Å². The molecular formula is C12H16O2. The van der Waals surface area contributed by atoms with Gasteiger partial charge in [-0.25, -0.2) is 0 Å². The quantitative estimate of drug-likeness (QED) is 0.781. The van der Waals surface area contributed by atoms with Crippen LogP contribution in [0.1, 0.15) is 27.8 Å². The second kappa shape index (κ2) is 3.82. The van der Waals surface area contributed by atoms with Crippen LogP contribution in [0.2, 0.25) is 0 Å². The van der Waals surface area contributed by atoms with E-state index < -0.39 is 5.97 Å². The third-order valence-corrected chi connectivity index (χ3v) is 2.84. The Labute approximate surface area is 84.6 Å². The number of hydrogen-bond acceptors (Lipinski definition) is 1. The molecular weight excluding hydrogens is 176 g/mol. The van der Waals surface area contributed by atoms with E-state index in [2.05, 4.69) is 13.0 Å². The van der Waals surface area contributed by atoms with Gasteiger partial charge in [0.2, 0.25) is 0 Å². The number of benzene rings is 1. The lowest BCUT2D eigenvalue weighted by atomic mass is 9.93. The molecule has 0 heterocycles. The average Bonchev–Trinajstić information content (AvgIpc) is 2.09. The van der Waals surface area contributed by atoms with E-state index in [-0.39, 0.29) is 6.42 Å². The first-order valence-corrected chi connectivity index (χ1v) is 4.71. The number of carboxylic acid groups (broad SMARTS) is 1. The Morgan fingerprint density at radius 1 is 1.14 bits per heavy atom. The van der Waals surface area contributed by atoms with Crippen molar-refractivity contribution in [1.82, 2.24) is 0 Å². The largest absolute Gasteiger partial charge is 0.481 e. The zero-order valence-electron chi connectivity index (χ0n) is 9.14. The molecule has 14 heavy (non-hydrogen) atoms. The standard InChI is InChI=1S/C12H16O2/c1-7-5-8(2)11(6-12(13)14)10(4)9(7)3/h5H,6H2,1-4H3,(H,13,14). The second-order valence-electron chi connectivity index (χ2n) is 3.81. The van der Waals surface area contributed by atoms with Crippen LogP contribution in [0.15, 0.2) is 6.07 Å². The van der Waals surface area contributed by atoms with Crippen LogP contribution in [0, 0.1) is 27.7 Å². The van der Waals surface area contributed by atoms with E-state index in [0.29, 0.717) is 0 Å². The van der Waals surface area contributed by atoms with Crippen molar-refractivity contribution < 1.29 is 9.90 Å². The molecule has 2 heteroatoms. The Hall–Kier alpha value is -1.31. The smallest absolute Gasteiger partial charge is 0.307 e. The Bertz CT molecular complexity index is 378. The Morgan fingerprint density at radius 2 is 1.71 bits per heavy atom. The van der Waals surface area contributed by atoms with Crippen molar-refractivity contribution in [3.8, 4) is 0 Å². The lowest BCUT2D eigenvalue weighted by Gasteiger charge is -2.13. The van der Waals surface area contributed by atoms with Crippen molar-refractivity contribution in [2.24, 2.45) is 0 Å². The molecule has 1 aromatic carbocycles. The zero-order valence-corrected chi connectivity index (χ0v) is 9.14. The summed E-state index contributed by atoms with van der Waals surface area (Å²) in [5.41, 5.74) is 5.58. The Balaban J connectivity index is 3.29. The number of carbonyl (C=O) groups is 1. The predicted octanol–water partition coefficient (Wildman–Crippen LogP) is 2.55. The van der Waals surface area contributed by atoms with E-state index in [4.69, 9.17) is 5.11 Å². The number of carboxylic acids is 1. The minimum absolute atomic E-state index is 0.124. The van der Waals surface area contributed by atoms with Gasteiger partial charge >= 0.3 is 5.97 Å². The minimum Gasteiger partial charge on any atom is -0.481 e. The topological polar surface area (TPSA) is 37.3 Å². The first-order valence-electron chi connectivity index (χ1n) is 4.71. The SMILES string of the molecule is Cc1cc(C)c(CC(=O)O)c(C)c1C. The van der Waals surface area contributed by atoms with E-state index in [0.717, 1.165) is 16.7 Å². The van der Waals surface area contributed by atoms with Crippen LogP contribution in [0.25, 0.3) is 0 Å². The van der Waals surface area contributed by atoms with Crippen LogP contribution in [0.5, 0.6) is 0 Å². The summed E-state index contributed by atoms with van der Waals surface area (Å²) in [6, 6.07) is 2.06. The third kappa shape index (κ3) is 1.95. The third-order valence-electron chi connectivity index (χ3n) is 2.84. The molecule has 1 aromatic rings. The van der Waals surface area contributed by atoms with Gasteiger partial charge in [0.15, 0.2) is 0 Å². The maximum atomic E-state index is 10.7. The van der Waals surface area contributed by atoms with E-state index >= 15 is 0 Å². The molecule has 0 spiro atoms. The van der Waals surface area contributed by atoms with E-state index in [1.807, 2.05) is 20.8 Å². The average molecular weight is 192 g/mol. The monoisotopic (exact) mass is 192 g/mol. The van der Waals surface area contributed by atoms with Crippen molar-refractivity contribution in [1.29, 1.82) is 0 Å². The van der Waals surface area contributed by atoms with Crippen molar-refractivity contribution in [3.63, 3.8) is 0 Å². The molecule has 0 saturated carbocycles. The fourth-order valence-electron chi connectivity index (χ4n) is 1.76. The van der Waals surface area contributed by atoms with Gasteiger partial charge in [0, 0.05) is 0 Å². The lowest BCUT2D eigenvalue weighted by molar-refractivity contribution is -0.136. The van der Waals surface area contributed by atoms with Gasteiger partial charge in [-0.1, -0.05) is 6.07 Å². The van der Waals surface area contributed by atoms with Gasteiger partial charge in [-0.2, -0.15) is 0 Å². The molecule has 0 unspecified atom stereocenters. The highest BCUT2D eigenvalue weighted by Crippen LogP contribution is 2.21. The van der Waals surface area contributed by atoms with Crippen molar-refractivity contribution in [2.75, 3.05) is 0 Å². The summed E-state index contributed by atoms with van der Waals surface area (Å²) < 4.78 is 0. The summed E-state index contributed by atoms with van der Waals surface area (Å²) >= 11 is 0. The van der Waals surface area contributed by atoms with Crippen LogP contribution < -0.4 is 0 Å². The molecule has 1 N–H and O–H groups in total. The maximum Gasteiger partial charge on any atom is 0.307 e. The molecule has 0 bridgehead atoms. The molecule has 0 amide bonds. The summed E-state index contributed by atoms with van der Waals surface area (Å²) in [7, 11) is 0. The van der Waals surface area contributed by atoms with Gasteiger partial charge in [-0.15, -0.1) is 0 Å². The molecule has 0 radical (unpaired) electrons. The van der Waals surface area contributed by atoms with Gasteiger partial charge in [0.25, 0.3) is 0 Å². The zero-order chi connectivity index (χ0) is 10.9. The minimum atomic E-state index is -0.764. The van der Waals surface area contributed by atoms with Crippen molar-refractivity contribution >= 4 is 5.97 Å². The molecule has 0 aromatic heterocycles. The van der Waals surface area contributed by atoms with Gasteiger partial charge < -0.3 is 5.11 Å². The lowest BCUT2D eigenvalue weighted by Crippen LogP contribution is -2.06. The summed E-state index contributed by atoms with van der Waals surface area (Å²) in [5.74, 6) is -0.764. The number of hydrogen-bond donors (Lipinski definition) is 1. The van der Waals surface area contributed by atoms with Gasteiger partial charge in [-0.3, -0.25) is 4.79 Å². The van der Waals surface area contributed by atoms with Crippen LogP contribution in [-0.4, -0.2) is 11.1 Å². The van der Waals surface area contributed by atoms with Gasteiger partial charge in [-0.05, 0) is 55.5 Å². The molecule has 0 aliphatic heterocycles. The molecule has 0 aliphatic carbocycles.